The molecule has 5 nitrogen and oxygen atoms in total. The van der Waals surface area contributed by atoms with Crippen LogP contribution in [0.5, 0.6) is 5.75 Å². The van der Waals surface area contributed by atoms with Gasteiger partial charge in [0.15, 0.2) is 0 Å². The topological polar surface area (TPSA) is 61.8 Å². The molecule has 0 aliphatic rings. The molecule has 1 aromatic carbocycles. The molecular weight excluding hydrogens is 440 g/mol. The maximum atomic E-state index is 12.1. The Hall–Kier alpha value is -2.82. The monoisotopic (exact) mass is 484 g/mol. The molecule has 194 valence electrons. The molecule has 0 aliphatic heterocycles. The van der Waals surface area contributed by atoms with Gasteiger partial charge in [0.05, 0.1) is 13.2 Å². The third-order valence-electron chi connectivity index (χ3n) is 5.62. The van der Waals surface area contributed by atoms with Crippen LogP contribution in [0.2, 0.25) is 0 Å². The third-order valence-corrected chi connectivity index (χ3v) is 5.62. The van der Waals surface area contributed by atoms with Crippen molar-refractivity contribution in [2.75, 3.05) is 13.2 Å². The first kappa shape index (κ1) is 30.2. The van der Waals surface area contributed by atoms with Crippen LogP contribution in [0.1, 0.15) is 85.6 Å². The summed E-state index contributed by atoms with van der Waals surface area (Å²) in [5.41, 5.74) is 3.25. The van der Waals surface area contributed by atoms with E-state index in [0.717, 1.165) is 38.5 Å². The van der Waals surface area contributed by atoms with Gasteiger partial charge in [-0.2, -0.15) is 0 Å². The zero-order valence-electron chi connectivity index (χ0n) is 22.5. The molecule has 1 aromatic rings. The van der Waals surface area contributed by atoms with Gasteiger partial charge >= 0.3 is 12.1 Å². The SMILES string of the molecule is CC(C)=CCCC(C)CCOC(=O)C=Cc1ccccc1OC(=O)OCCC(C)CCC=C(C)C. The van der Waals surface area contributed by atoms with Gasteiger partial charge in [0.2, 0.25) is 0 Å². The van der Waals surface area contributed by atoms with Crippen molar-refractivity contribution in [3.8, 4) is 5.75 Å². The summed E-state index contributed by atoms with van der Waals surface area (Å²) in [4.78, 5) is 24.2. The van der Waals surface area contributed by atoms with Crippen molar-refractivity contribution < 1.29 is 23.8 Å². The molecule has 0 N–H and O–H groups in total. The lowest BCUT2D eigenvalue weighted by Gasteiger charge is -2.11. The molecule has 5 heteroatoms. The van der Waals surface area contributed by atoms with Crippen LogP contribution >= 0.6 is 0 Å². The van der Waals surface area contributed by atoms with Gasteiger partial charge < -0.3 is 14.2 Å². The zero-order chi connectivity index (χ0) is 26.1. The molecule has 0 radical (unpaired) electrons. The van der Waals surface area contributed by atoms with E-state index in [2.05, 4.69) is 53.7 Å². The van der Waals surface area contributed by atoms with E-state index < -0.39 is 12.1 Å². The molecule has 0 saturated carbocycles. The fraction of sp³-hybridized carbons (Fsp3) is 0.533. The van der Waals surface area contributed by atoms with Crippen molar-refractivity contribution in [3.63, 3.8) is 0 Å². The van der Waals surface area contributed by atoms with Crippen molar-refractivity contribution in [1.82, 2.24) is 0 Å². The molecule has 0 saturated heterocycles. The average Bonchev–Trinajstić information content (AvgIpc) is 2.78. The van der Waals surface area contributed by atoms with E-state index in [1.807, 2.05) is 6.07 Å². The van der Waals surface area contributed by atoms with Crippen LogP contribution in [0, 0.1) is 11.8 Å². The lowest BCUT2D eigenvalue weighted by molar-refractivity contribution is -0.138. The number of para-hydroxylation sites is 1. The Bertz CT molecular complexity index is 857. The Balaban J connectivity index is 2.42. The highest BCUT2D eigenvalue weighted by Crippen LogP contribution is 2.20. The molecule has 35 heavy (non-hydrogen) atoms. The van der Waals surface area contributed by atoms with Crippen LogP contribution in [-0.2, 0) is 14.3 Å². The van der Waals surface area contributed by atoms with Gasteiger partial charge in [-0.3, -0.25) is 0 Å². The van der Waals surface area contributed by atoms with Gasteiger partial charge in [-0.1, -0.05) is 55.3 Å². The first-order valence-electron chi connectivity index (χ1n) is 12.7. The van der Waals surface area contributed by atoms with Gasteiger partial charge in [0.25, 0.3) is 0 Å². The van der Waals surface area contributed by atoms with E-state index in [9.17, 15) is 9.59 Å². The van der Waals surface area contributed by atoms with Crippen molar-refractivity contribution in [3.05, 3.63) is 59.2 Å². The number of carbonyl (C=O) groups is 2. The van der Waals surface area contributed by atoms with E-state index >= 15 is 0 Å². The number of allylic oxidation sites excluding steroid dienone is 4. The standard InChI is InChI=1S/C30H44O5/c1-23(2)11-9-13-25(5)19-21-33-29(31)18-17-27-15-7-8-16-28(27)35-30(32)34-22-20-26(6)14-10-12-24(3)4/h7-8,11-12,15-18,25-26H,9-10,13-14,19-22H2,1-6H3. The number of benzene rings is 1. The number of rotatable bonds is 15. The van der Waals surface area contributed by atoms with Crippen LogP contribution in [-0.4, -0.2) is 25.3 Å². The van der Waals surface area contributed by atoms with Crippen molar-refractivity contribution in [2.24, 2.45) is 11.8 Å². The molecule has 2 atom stereocenters. The van der Waals surface area contributed by atoms with E-state index in [4.69, 9.17) is 14.2 Å². The molecule has 0 spiro atoms. The van der Waals surface area contributed by atoms with Crippen molar-refractivity contribution in [2.45, 2.75) is 80.1 Å². The molecule has 0 aliphatic carbocycles. The quantitative estimate of drug-likeness (QED) is 0.108. The first-order chi connectivity index (χ1) is 16.7. The van der Waals surface area contributed by atoms with Crippen LogP contribution in [0.15, 0.2) is 53.6 Å². The number of hydrogen-bond donors (Lipinski definition) is 0. The first-order valence-corrected chi connectivity index (χ1v) is 12.7. The second kappa shape index (κ2) is 17.6. The van der Waals surface area contributed by atoms with E-state index in [1.54, 1.807) is 24.3 Å². The van der Waals surface area contributed by atoms with Crippen LogP contribution in [0.3, 0.4) is 0 Å². The van der Waals surface area contributed by atoms with Crippen molar-refractivity contribution >= 4 is 18.2 Å². The number of carbonyl (C=O) groups excluding carboxylic acids is 2. The second-order valence-electron chi connectivity index (χ2n) is 9.74. The summed E-state index contributed by atoms with van der Waals surface area (Å²) in [6, 6.07) is 7.01. The van der Waals surface area contributed by atoms with Gasteiger partial charge in [0, 0.05) is 11.6 Å². The van der Waals surface area contributed by atoms with Gasteiger partial charge in [-0.25, -0.2) is 9.59 Å². The highest BCUT2D eigenvalue weighted by Gasteiger charge is 2.11. The molecule has 0 bridgehead atoms. The van der Waals surface area contributed by atoms with Crippen LogP contribution in [0.25, 0.3) is 6.08 Å². The second-order valence-corrected chi connectivity index (χ2v) is 9.74. The van der Waals surface area contributed by atoms with Crippen LogP contribution in [0.4, 0.5) is 4.79 Å². The van der Waals surface area contributed by atoms with E-state index in [0.29, 0.717) is 36.4 Å². The van der Waals surface area contributed by atoms with Gasteiger partial charge in [0.1, 0.15) is 5.75 Å². The zero-order valence-corrected chi connectivity index (χ0v) is 22.5. The lowest BCUT2D eigenvalue weighted by Crippen LogP contribution is -2.13. The summed E-state index contributed by atoms with van der Waals surface area (Å²) in [5.74, 6) is 0.870. The van der Waals surface area contributed by atoms with Gasteiger partial charge in [-0.15, -0.1) is 0 Å². The summed E-state index contributed by atoms with van der Waals surface area (Å²) in [6.45, 7) is 13.4. The van der Waals surface area contributed by atoms with E-state index in [1.165, 1.54) is 17.2 Å². The maximum absolute atomic E-state index is 12.1. The predicted octanol–water partition coefficient (Wildman–Crippen LogP) is 8.30. The summed E-state index contributed by atoms with van der Waals surface area (Å²) in [7, 11) is 0. The maximum Gasteiger partial charge on any atom is 0.513 e. The fourth-order valence-corrected chi connectivity index (χ4v) is 3.34. The largest absolute Gasteiger partial charge is 0.513 e. The van der Waals surface area contributed by atoms with Gasteiger partial charge in [-0.05, 0) is 90.2 Å². The normalized spacial score (nSPS) is 12.5. The van der Waals surface area contributed by atoms with E-state index in [-0.39, 0.29) is 0 Å². The van der Waals surface area contributed by atoms with Crippen molar-refractivity contribution in [1.29, 1.82) is 0 Å². The number of ether oxygens (including phenoxy) is 3. The number of esters is 1. The molecule has 2 unspecified atom stereocenters. The summed E-state index contributed by atoms with van der Waals surface area (Å²) in [5, 5.41) is 0. The Morgan fingerprint density at radius 3 is 1.91 bits per heavy atom. The Labute approximate surface area is 212 Å². The minimum Gasteiger partial charge on any atom is -0.463 e. The lowest BCUT2D eigenvalue weighted by atomic mass is 10.0. The summed E-state index contributed by atoms with van der Waals surface area (Å²) >= 11 is 0. The predicted molar refractivity (Wildman–Crippen MR) is 143 cm³/mol. The summed E-state index contributed by atoms with van der Waals surface area (Å²) < 4.78 is 15.9. The molecular formula is C30H44O5. The molecule has 0 amide bonds. The molecule has 0 aromatic heterocycles. The smallest absolute Gasteiger partial charge is 0.463 e. The van der Waals surface area contributed by atoms with Crippen LogP contribution < -0.4 is 4.74 Å². The molecule has 1 rings (SSSR count). The molecule has 0 heterocycles. The molecule has 0 fully saturated rings. The highest BCUT2D eigenvalue weighted by molar-refractivity contribution is 5.87. The number of hydrogen-bond acceptors (Lipinski definition) is 5. The highest BCUT2D eigenvalue weighted by atomic mass is 16.7. The minimum absolute atomic E-state index is 0.311. The fourth-order valence-electron chi connectivity index (χ4n) is 3.34. The average molecular weight is 485 g/mol. The summed E-state index contributed by atoms with van der Waals surface area (Å²) in [6.07, 6.45) is 12.5. The third kappa shape index (κ3) is 15.7. The minimum atomic E-state index is -0.743. The Kier molecular flexibility index (Phi) is 15.2. The Morgan fingerprint density at radius 1 is 0.800 bits per heavy atom. The Morgan fingerprint density at radius 2 is 1.34 bits per heavy atom.